The Hall–Kier alpha value is -2.45. The predicted molar refractivity (Wildman–Crippen MR) is 107 cm³/mol. The maximum atomic E-state index is 12.3. The molecule has 0 aromatic heterocycles. The fourth-order valence-corrected chi connectivity index (χ4v) is 3.29. The molecule has 0 aliphatic heterocycles. The van der Waals surface area contributed by atoms with Gasteiger partial charge in [-0.15, -0.1) is 0 Å². The number of sulfonamides is 1. The van der Waals surface area contributed by atoms with Gasteiger partial charge in [-0.25, -0.2) is 13.1 Å². The smallest absolute Gasteiger partial charge is 0.264 e. The number of unbranched alkanes of at least 4 members (excludes halogenated alkanes) is 1. The van der Waals surface area contributed by atoms with Crippen LogP contribution in [0, 0.1) is 0 Å². The molecule has 138 valence electrons. The summed E-state index contributed by atoms with van der Waals surface area (Å²) in [6.45, 7) is 2.87. The maximum absolute atomic E-state index is 12.3. The van der Waals surface area contributed by atoms with Gasteiger partial charge in [0.25, 0.3) is 15.9 Å². The van der Waals surface area contributed by atoms with Gasteiger partial charge in [0.05, 0.1) is 4.90 Å². The lowest BCUT2D eigenvalue weighted by Gasteiger charge is -2.11. The van der Waals surface area contributed by atoms with Gasteiger partial charge in [-0.3, -0.25) is 4.79 Å². The minimum atomic E-state index is -3.95. The molecule has 0 radical (unpaired) electrons. The summed E-state index contributed by atoms with van der Waals surface area (Å²) >= 11 is 5.17. The van der Waals surface area contributed by atoms with Crippen LogP contribution >= 0.6 is 12.2 Å². The zero-order valence-corrected chi connectivity index (χ0v) is 16.0. The van der Waals surface area contributed by atoms with Crippen molar-refractivity contribution in [2.24, 2.45) is 0 Å². The summed E-state index contributed by atoms with van der Waals surface area (Å²) in [6.07, 6.45) is 2.08. The van der Waals surface area contributed by atoms with Crippen molar-refractivity contribution in [1.82, 2.24) is 10.0 Å². The van der Waals surface area contributed by atoms with Crippen LogP contribution in [-0.4, -0.2) is 26.0 Å². The van der Waals surface area contributed by atoms with Gasteiger partial charge in [0.15, 0.2) is 5.11 Å². The van der Waals surface area contributed by atoms with E-state index in [0.29, 0.717) is 10.8 Å². The molecular weight excluding hydrogens is 370 g/mol. The quantitative estimate of drug-likeness (QED) is 0.497. The fraction of sp³-hybridized carbons (Fsp3) is 0.222. The van der Waals surface area contributed by atoms with E-state index in [1.807, 2.05) is 0 Å². The highest BCUT2D eigenvalue weighted by Crippen LogP contribution is 2.14. The number of thiocarbonyl (C=S) groups is 1. The van der Waals surface area contributed by atoms with Crippen molar-refractivity contribution in [1.29, 1.82) is 0 Å². The molecule has 0 saturated carbocycles. The average molecular weight is 392 g/mol. The fourth-order valence-electron chi connectivity index (χ4n) is 2.10. The first-order valence-corrected chi connectivity index (χ1v) is 10.1. The molecule has 0 bridgehead atoms. The summed E-state index contributed by atoms with van der Waals surface area (Å²) in [5.41, 5.74) is 0.935. The van der Waals surface area contributed by atoms with E-state index in [4.69, 9.17) is 12.2 Å². The van der Waals surface area contributed by atoms with E-state index in [-0.39, 0.29) is 10.5 Å². The third kappa shape index (κ3) is 5.82. The Morgan fingerprint density at radius 3 is 2.31 bits per heavy atom. The van der Waals surface area contributed by atoms with Crippen LogP contribution in [0.15, 0.2) is 59.5 Å². The molecule has 0 fully saturated rings. The number of carbonyl (C=O) groups excluding carboxylic acids is 1. The van der Waals surface area contributed by atoms with Crippen molar-refractivity contribution in [2.75, 3.05) is 11.9 Å². The van der Waals surface area contributed by atoms with Gasteiger partial charge in [-0.05, 0) is 55.0 Å². The van der Waals surface area contributed by atoms with Crippen LogP contribution in [0.3, 0.4) is 0 Å². The first-order chi connectivity index (χ1) is 12.4. The molecule has 0 saturated heterocycles. The topological polar surface area (TPSA) is 87.3 Å². The number of rotatable bonds is 7. The number of hydrogen-bond donors (Lipinski definition) is 3. The SMILES string of the molecule is CCCCNC(=S)Nc1ccc(S(=O)(=O)NC(=O)c2ccccc2)cc1. The zero-order chi connectivity index (χ0) is 19.0. The Balaban J connectivity index is 2.00. The summed E-state index contributed by atoms with van der Waals surface area (Å²) < 4.78 is 26.7. The van der Waals surface area contributed by atoms with Crippen molar-refractivity contribution < 1.29 is 13.2 Å². The van der Waals surface area contributed by atoms with E-state index in [1.165, 1.54) is 12.1 Å². The summed E-state index contributed by atoms with van der Waals surface area (Å²) in [5, 5.41) is 6.53. The highest BCUT2D eigenvalue weighted by atomic mass is 32.2. The molecule has 0 atom stereocenters. The molecular formula is C18H21N3O3S2. The van der Waals surface area contributed by atoms with Gasteiger partial charge >= 0.3 is 0 Å². The lowest BCUT2D eigenvalue weighted by atomic mass is 10.2. The Morgan fingerprint density at radius 2 is 1.69 bits per heavy atom. The first kappa shape index (κ1) is 19.9. The van der Waals surface area contributed by atoms with E-state index in [2.05, 4.69) is 22.3 Å². The van der Waals surface area contributed by atoms with Crippen molar-refractivity contribution in [3.8, 4) is 0 Å². The highest BCUT2D eigenvalue weighted by Gasteiger charge is 2.18. The van der Waals surface area contributed by atoms with Crippen LogP contribution in [0.2, 0.25) is 0 Å². The molecule has 0 heterocycles. The van der Waals surface area contributed by atoms with Crippen molar-refractivity contribution in [2.45, 2.75) is 24.7 Å². The lowest BCUT2D eigenvalue weighted by molar-refractivity contribution is 0.0981. The minimum absolute atomic E-state index is 0.00260. The van der Waals surface area contributed by atoms with Gasteiger partial charge in [-0.2, -0.15) is 0 Å². The molecule has 26 heavy (non-hydrogen) atoms. The van der Waals surface area contributed by atoms with Crippen LogP contribution in [0.25, 0.3) is 0 Å². The summed E-state index contributed by atoms with van der Waals surface area (Å²) in [4.78, 5) is 12.0. The van der Waals surface area contributed by atoms with Crippen molar-refractivity contribution >= 4 is 38.9 Å². The van der Waals surface area contributed by atoms with Gasteiger partial charge < -0.3 is 10.6 Å². The maximum Gasteiger partial charge on any atom is 0.264 e. The van der Waals surface area contributed by atoms with Crippen LogP contribution in [0.4, 0.5) is 5.69 Å². The van der Waals surface area contributed by atoms with E-state index in [0.717, 1.165) is 19.4 Å². The third-order valence-electron chi connectivity index (χ3n) is 3.50. The zero-order valence-electron chi connectivity index (χ0n) is 14.4. The number of benzene rings is 2. The molecule has 0 unspecified atom stereocenters. The van der Waals surface area contributed by atoms with Crippen molar-refractivity contribution in [3.63, 3.8) is 0 Å². The highest BCUT2D eigenvalue weighted by molar-refractivity contribution is 7.90. The van der Waals surface area contributed by atoms with Gasteiger partial charge in [-0.1, -0.05) is 31.5 Å². The molecule has 0 spiro atoms. The van der Waals surface area contributed by atoms with Crippen LogP contribution in [-0.2, 0) is 10.0 Å². The van der Waals surface area contributed by atoms with E-state index in [9.17, 15) is 13.2 Å². The second kappa shape index (κ2) is 9.30. The Labute approximate surface area is 159 Å². The molecule has 6 nitrogen and oxygen atoms in total. The number of nitrogens with one attached hydrogen (secondary N) is 3. The van der Waals surface area contributed by atoms with Gasteiger partial charge in [0.2, 0.25) is 0 Å². The second-order valence-electron chi connectivity index (χ2n) is 5.56. The Morgan fingerprint density at radius 1 is 1.04 bits per heavy atom. The minimum Gasteiger partial charge on any atom is -0.362 e. The first-order valence-electron chi connectivity index (χ1n) is 8.19. The molecule has 0 aliphatic rings. The summed E-state index contributed by atoms with van der Waals surface area (Å²) in [6, 6.07) is 14.2. The normalized spacial score (nSPS) is 10.8. The largest absolute Gasteiger partial charge is 0.362 e. The molecule has 2 aromatic carbocycles. The monoisotopic (exact) mass is 391 g/mol. The Kier molecular flexibility index (Phi) is 7.11. The molecule has 8 heteroatoms. The van der Waals surface area contributed by atoms with Gasteiger partial charge in [0, 0.05) is 17.8 Å². The third-order valence-corrected chi connectivity index (χ3v) is 5.09. The molecule has 2 aromatic rings. The number of amides is 1. The summed E-state index contributed by atoms with van der Waals surface area (Å²) in [5.74, 6) is -0.672. The molecule has 3 N–H and O–H groups in total. The standard InChI is InChI=1S/C18H21N3O3S2/c1-2-3-13-19-18(25)20-15-9-11-16(12-10-15)26(23,24)21-17(22)14-7-5-4-6-8-14/h4-12H,2-3,13H2,1H3,(H,21,22)(H2,19,20,25). The summed E-state index contributed by atoms with van der Waals surface area (Å²) in [7, 11) is -3.95. The van der Waals surface area contributed by atoms with E-state index < -0.39 is 15.9 Å². The van der Waals surface area contributed by atoms with Gasteiger partial charge in [0.1, 0.15) is 0 Å². The second-order valence-corrected chi connectivity index (χ2v) is 7.65. The van der Waals surface area contributed by atoms with E-state index >= 15 is 0 Å². The number of carbonyl (C=O) groups is 1. The van der Waals surface area contributed by atoms with Crippen LogP contribution in [0.1, 0.15) is 30.1 Å². The van der Waals surface area contributed by atoms with Crippen molar-refractivity contribution in [3.05, 3.63) is 60.2 Å². The number of hydrogen-bond acceptors (Lipinski definition) is 4. The predicted octanol–water partition coefficient (Wildman–Crippen LogP) is 2.89. The molecule has 2 rings (SSSR count). The Bertz CT molecular complexity index is 851. The molecule has 1 amide bonds. The van der Waals surface area contributed by atoms with E-state index in [1.54, 1.807) is 42.5 Å². The van der Waals surface area contributed by atoms with Crippen LogP contribution < -0.4 is 15.4 Å². The lowest BCUT2D eigenvalue weighted by Crippen LogP contribution is -2.30. The van der Waals surface area contributed by atoms with Crippen LogP contribution in [0.5, 0.6) is 0 Å². The molecule has 0 aliphatic carbocycles. The number of anilines is 1. The average Bonchev–Trinajstić information content (AvgIpc) is 2.63.